The highest BCUT2D eigenvalue weighted by Crippen LogP contribution is 2.21. The Hall–Kier alpha value is -1.59. The first-order chi connectivity index (χ1) is 11.1. The summed E-state index contributed by atoms with van der Waals surface area (Å²) in [6, 6.07) is 6.11. The zero-order valence-electron chi connectivity index (χ0n) is 14.5. The maximum Gasteiger partial charge on any atom is 0.315 e. The van der Waals surface area contributed by atoms with Gasteiger partial charge in [0, 0.05) is 32.8 Å². The summed E-state index contributed by atoms with van der Waals surface area (Å²) in [4.78, 5) is 14.4. The lowest BCUT2D eigenvalue weighted by Gasteiger charge is -2.21. The van der Waals surface area contributed by atoms with Crippen LogP contribution in [-0.2, 0) is 4.74 Å². The van der Waals surface area contributed by atoms with Crippen molar-refractivity contribution in [1.82, 2.24) is 15.5 Å². The van der Waals surface area contributed by atoms with Crippen molar-refractivity contribution in [3.05, 3.63) is 34.9 Å². The Bertz CT molecular complexity index is 491. The Morgan fingerprint density at radius 1 is 1.26 bits per heavy atom. The Kier molecular flexibility index (Phi) is 6.86. The number of nitrogens with zero attached hydrogens (tertiary/aromatic N) is 1. The van der Waals surface area contributed by atoms with Crippen molar-refractivity contribution in [3.63, 3.8) is 0 Å². The van der Waals surface area contributed by atoms with E-state index in [1.54, 1.807) is 0 Å². The van der Waals surface area contributed by atoms with Gasteiger partial charge in [0.2, 0.25) is 0 Å². The van der Waals surface area contributed by atoms with E-state index >= 15 is 0 Å². The maximum absolute atomic E-state index is 12.1. The van der Waals surface area contributed by atoms with Gasteiger partial charge in [-0.15, -0.1) is 0 Å². The minimum Gasteiger partial charge on any atom is -0.380 e. The molecular weight excluding hydrogens is 290 g/mol. The molecular formula is C18H29N3O2. The lowest BCUT2D eigenvalue weighted by molar-refractivity contribution is 0.141. The molecule has 23 heavy (non-hydrogen) atoms. The van der Waals surface area contributed by atoms with Crippen LogP contribution in [0.4, 0.5) is 4.79 Å². The van der Waals surface area contributed by atoms with Crippen LogP contribution < -0.4 is 10.6 Å². The average Bonchev–Trinajstić information content (AvgIpc) is 2.75. The average molecular weight is 319 g/mol. The van der Waals surface area contributed by atoms with Gasteiger partial charge in [-0.3, -0.25) is 4.90 Å². The first-order valence-corrected chi connectivity index (χ1v) is 8.48. The van der Waals surface area contributed by atoms with E-state index in [0.717, 1.165) is 39.3 Å². The fourth-order valence-electron chi connectivity index (χ4n) is 3.18. The Morgan fingerprint density at radius 3 is 2.74 bits per heavy atom. The molecule has 2 amide bonds. The number of urea groups is 1. The van der Waals surface area contributed by atoms with Crippen molar-refractivity contribution in [2.45, 2.75) is 33.2 Å². The van der Waals surface area contributed by atoms with Crippen LogP contribution in [-0.4, -0.2) is 50.3 Å². The predicted octanol–water partition coefficient (Wildman–Crippen LogP) is 2.39. The number of nitrogens with one attached hydrogen (secondary N) is 2. The molecule has 5 heteroatoms. The van der Waals surface area contributed by atoms with Crippen LogP contribution in [0.1, 0.15) is 36.1 Å². The van der Waals surface area contributed by atoms with Gasteiger partial charge < -0.3 is 15.4 Å². The van der Waals surface area contributed by atoms with Gasteiger partial charge in [0.25, 0.3) is 0 Å². The van der Waals surface area contributed by atoms with E-state index in [-0.39, 0.29) is 12.1 Å². The third-order valence-corrected chi connectivity index (χ3v) is 4.35. The first kappa shape index (κ1) is 17.8. The molecule has 0 radical (unpaired) electrons. The topological polar surface area (TPSA) is 53.6 Å². The number of carbonyl (C=O) groups is 1. The lowest BCUT2D eigenvalue weighted by Crippen LogP contribution is -2.42. The molecule has 1 atom stereocenters. The van der Waals surface area contributed by atoms with Crippen LogP contribution in [0.2, 0.25) is 0 Å². The number of hydrogen-bond donors (Lipinski definition) is 2. The molecule has 1 fully saturated rings. The van der Waals surface area contributed by atoms with E-state index in [9.17, 15) is 4.79 Å². The molecule has 5 nitrogen and oxygen atoms in total. The standard InChI is InChI=1S/C18H29N3O2/c1-14-6-4-7-15(2)17(14)16(3)20-18(22)19-8-10-21-9-5-12-23-13-11-21/h4,6-7,16H,5,8-13H2,1-3H3,(H2,19,20,22). The number of carbonyl (C=O) groups excluding carboxylic acids is 1. The molecule has 1 saturated heterocycles. The third kappa shape index (κ3) is 5.52. The van der Waals surface area contributed by atoms with E-state index in [2.05, 4.69) is 41.5 Å². The van der Waals surface area contributed by atoms with Crippen LogP contribution in [0.25, 0.3) is 0 Å². The molecule has 0 aromatic heterocycles. The fraction of sp³-hybridized carbons (Fsp3) is 0.611. The van der Waals surface area contributed by atoms with Crippen molar-refractivity contribution in [2.24, 2.45) is 0 Å². The van der Waals surface area contributed by atoms with Crippen molar-refractivity contribution in [1.29, 1.82) is 0 Å². The van der Waals surface area contributed by atoms with Gasteiger partial charge in [0.15, 0.2) is 0 Å². The summed E-state index contributed by atoms with van der Waals surface area (Å²) in [6.45, 7) is 11.3. The molecule has 0 saturated carbocycles. The minimum atomic E-state index is -0.105. The van der Waals surface area contributed by atoms with E-state index < -0.39 is 0 Å². The van der Waals surface area contributed by atoms with Crippen LogP contribution >= 0.6 is 0 Å². The van der Waals surface area contributed by atoms with Gasteiger partial charge in [0.05, 0.1) is 12.6 Å². The molecule has 1 unspecified atom stereocenters. The largest absolute Gasteiger partial charge is 0.380 e. The highest BCUT2D eigenvalue weighted by atomic mass is 16.5. The number of aryl methyl sites for hydroxylation is 2. The summed E-state index contributed by atoms with van der Waals surface area (Å²) in [5.41, 5.74) is 3.62. The smallest absolute Gasteiger partial charge is 0.315 e. The molecule has 1 aromatic rings. The second-order valence-electron chi connectivity index (χ2n) is 6.23. The number of hydrogen-bond acceptors (Lipinski definition) is 3. The number of benzene rings is 1. The second-order valence-corrected chi connectivity index (χ2v) is 6.23. The van der Waals surface area contributed by atoms with E-state index in [4.69, 9.17) is 4.74 Å². The number of rotatable bonds is 5. The molecule has 0 spiro atoms. The van der Waals surface area contributed by atoms with Gasteiger partial charge in [-0.05, 0) is 43.9 Å². The molecule has 2 rings (SSSR count). The second kappa shape index (κ2) is 8.89. The van der Waals surface area contributed by atoms with E-state index in [1.165, 1.54) is 16.7 Å². The van der Waals surface area contributed by atoms with Crippen molar-refractivity contribution < 1.29 is 9.53 Å². The summed E-state index contributed by atoms with van der Waals surface area (Å²) in [6.07, 6.45) is 1.07. The van der Waals surface area contributed by atoms with Gasteiger partial charge in [-0.2, -0.15) is 0 Å². The zero-order valence-corrected chi connectivity index (χ0v) is 14.5. The van der Waals surface area contributed by atoms with Crippen molar-refractivity contribution >= 4 is 6.03 Å². The van der Waals surface area contributed by atoms with Crippen molar-refractivity contribution in [3.8, 4) is 0 Å². The first-order valence-electron chi connectivity index (χ1n) is 8.48. The number of amides is 2. The van der Waals surface area contributed by atoms with Gasteiger partial charge in [-0.25, -0.2) is 4.79 Å². The Morgan fingerprint density at radius 2 is 2.00 bits per heavy atom. The summed E-state index contributed by atoms with van der Waals surface area (Å²) in [5, 5.41) is 5.99. The molecule has 0 bridgehead atoms. The third-order valence-electron chi connectivity index (χ3n) is 4.35. The zero-order chi connectivity index (χ0) is 16.7. The Labute approximate surface area is 139 Å². The lowest BCUT2D eigenvalue weighted by atomic mass is 9.97. The highest BCUT2D eigenvalue weighted by molar-refractivity contribution is 5.74. The number of ether oxygens (including phenoxy) is 1. The van der Waals surface area contributed by atoms with Gasteiger partial charge in [-0.1, -0.05) is 18.2 Å². The normalized spacial score (nSPS) is 17.3. The van der Waals surface area contributed by atoms with Gasteiger partial charge in [0.1, 0.15) is 0 Å². The van der Waals surface area contributed by atoms with E-state index in [0.29, 0.717) is 6.54 Å². The molecule has 1 heterocycles. The summed E-state index contributed by atoms with van der Waals surface area (Å²) in [7, 11) is 0. The summed E-state index contributed by atoms with van der Waals surface area (Å²) < 4.78 is 5.43. The fourth-order valence-corrected chi connectivity index (χ4v) is 3.18. The van der Waals surface area contributed by atoms with Crippen LogP contribution in [0.3, 0.4) is 0 Å². The van der Waals surface area contributed by atoms with Crippen molar-refractivity contribution in [2.75, 3.05) is 39.4 Å². The minimum absolute atomic E-state index is 0.00258. The highest BCUT2D eigenvalue weighted by Gasteiger charge is 2.14. The quantitative estimate of drug-likeness (QED) is 0.876. The summed E-state index contributed by atoms with van der Waals surface area (Å²) >= 11 is 0. The Balaban J connectivity index is 1.75. The van der Waals surface area contributed by atoms with Crippen LogP contribution in [0.5, 0.6) is 0 Å². The maximum atomic E-state index is 12.1. The molecule has 1 aromatic carbocycles. The van der Waals surface area contributed by atoms with Crippen LogP contribution in [0.15, 0.2) is 18.2 Å². The SMILES string of the molecule is Cc1cccc(C)c1C(C)NC(=O)NCCN1CCCOCC1. The van der Waals surface area contributed by atoms with Crippen LogP contribution in [0, 0.1) is 13.8 Å². The summed E-state index contributed by atoms with van der Waals surface area (Å²) in [5.74, 6) is 0. The predicted molar refractivity (Wildman–Crippen MR) is 92.7 cm³/mol. The molecule has 1 aliphatic rings. The molecule has 2 N–H and O–H groups in total. The molecule has 1 aliphatic heterocycles. The van der Waals surface area contributed by atoms with E-state index in [1.807, 2.05) is 13.0 Å². The monoisotopic (exact) mass is 319 g/mol. The molecule has 128 valence electrons. The molecule has 0 aliphatic carbocycles. The van der Waals surface area contributed by atoms with Gasteiger partial charge >= 0.3 is 6.03 Å².